The summed E-state index contributed by atoms with van der Waals surface area (Å²) in [5.41, 5.74) is 6.69. The van der Waals surface area contributed by atoms with Gasteiger partial charge in [0.15, 0.2) is 0 Å². The smallest absolute Gasteiger partial charge is 0.224 e. The third kappa shape index (κ3) is 3.36. The molecule has 0 saturated carbocycles. The number of hydrogen-bond donors (Lipinski definition) is 2. The first-order chi connectivity index (χ1) is 9.61. The number of fused-ring (bicyclic) bond motifs is 1. The second-order valence-corrected chi connectivity index (χ2v) is 5.38. The lowest BCUT2D eigenvalue weighted by molar-refractivity contribution is -0.121. The Morgan fingerprint density at radius 1 is 1.15 bits per heavy atom. The quantitative estimate of drug-likeness (QED) is 0.877. The van der Waals surface area contributed by atoms with Crippen molar-refractivity contribution in [2.75, 3.05) is 6.54 Å². The first-order valence-corrected chi connectivity index (χ1v) is 7.08. The van der Waals surface area contributed by atoms with Gasteiger partial charge in [-0.05, 0) is 35.7 Å². The average molecular weight is 270 g/mol. The highest BCUT2D eigenvalue weighted by molar-refractivity contribution is 5.90. The van der Waals surface area contributed by atoms with E-state index in [1.165, 1.54) is 5.39 Å². The summed E-state index contributed by atoms with van der Waals surface area (Å²) in [6, 6.07) is 14.3. The van der Waals surface area contributed by atoms with Crippen LogP contribution in [0.15, 0.2) is 42.5 Å². The maximum absolute atomic E-state index is 12.1. The Labute approximate surface area is 120 Å². The second-order valence-electron chi connectivity index (χ2n) is 5.38. The normalized spacial score (nSPS) is 13.9. The van der Waals surface area contributed by atoms with Crippen molar-refractivity contribution < 1.29 is 4.79 Å². The Balaban J connectivity index is 2.10. The van der Waals surface area contributed by atoms with Crippen LogP contribution in [0.25, 0.3) is 10.8 Å². The van der Waals surface area contributed by atoms with Gasteiger partial charge in [0.25, 0.3) is 0 Å². The zero-order chi connectivity index (χ0) is 14.5. The fraction of sp³-hybridized carbons (Fsp3) is 0.353. The van der Waals surface area contributed by atoms with E-state index in [0.717, 1.165) is 10.9 Å². The van der Waals surface area contributed by atoms with Crippen molar-refractivity contribution in [2.24, 2.45) is 11.7 Å². The molecule has 0 aliphatic rings. The van der Waals surface area contributed by atoms with Crippen LogP contribution in [0.5, 0.6) is 0 Å². The highest BCUT2D eigenvalue weighted by atomic mass is 16.1. The van der Waals surface area contributed by atoms with Gasteiger partial charge in [-0.2, -0.15) is 0 Å². The predicted octanol–water partition coefficient (Wildman–Crippen LogP) is 2.48. The Kier molecular flexibility index (Phi) is 4.74. The zero-order valence-corrected chi connectivity index (χ0v) is 12.1. The molecule has 2 rings (SSSR count). The van der Waals surface area contributed by atoms with Gasteiger partial charge in [-0.25, -0.2) is 0 Å². The summed E-state index contributed by atoms with van der Waals surface area (Å²) in [6.45, 7) is 4.62. The summed E-state index contributed by atoms with van der Waals surface area (Å²) >= 11 is 0. The van der Waals surface area contributed by atoms with Crippen molar-refractivity contribution in [3.05, 3.63) is 48.0 Å². The molecule has 2 atom stereocenters. The summed E-state index contributed by atoms with van der Waals surface area (Å²) < 4.78 is 0. The van der Waals surface area contributed by atoms with Crippen molar-refractivity contribution in [3.63, 3.8) is 0 Å². The number of nitrogens with two attached hydrogens (primary N) is 1. The lowest BCUT2D eigenvalue weighted by atomic mass is 10.0. The van der Waals surface area contributed by atoms with Gasteiger partial charge in [0.05, 0.1) is 6.42 Å². The molecule has 0 heterocycles. The molecule has 0 saturated heterocycles. The molecule has 0 fully saturated rings. The largest absolute Gasteiger partial charge is 0.353 e. The van der Waals surface area contributed by atoms with Crippen LogP contribution in [0.3, 0.4) is 0 Å². The predicted molar refractivity (Wildman–Crippen MR) is 83.5 cm³/mol. The maximum Gasteiger partial charge on any atom is 0.224 e. The highest BCUT2D eigenvalue weighted by Gasteiger charge is 2.14. The van der Waals surface area contributed by atoms with E-state index in [9.17, 15) is 4.79 Å². The van der Waals surface area contributed by atoms with Gasteiger partial charge in [0.2, 0.25) is 5.91 Å². The Hall–Kier alpha value is -1.87. The Bertz CT molecular complexity index is 589. The molecule has 106 valence electrons. The summed E-state index contributed by atoms with van der Waals surface area (Å²) in [5, 5.41) is 5.34. The minimum Gasteiger partial charge on any atom is -0.353 e. The first kappa shape index (κ1) is 14.5. The monoisotopic (exact) mass is 270 g/mol. The number of carbonyl (C=O) groups is 1. The van der Waals surface area contributed by atoms with E-state index in [1.807, 2.05) is 38.1 Å². The molecule has 0 radical (unpaired) electrons. The van der Waals surface area contributed by atoms with Gasteiger partial charge in [0.1, 0.15) is 0 Å². The van der Waals surface area contributed by atoms with Gasteiger partial charge in [0, 0.05) is 6.04 Å². The molecule has 0 aliphatic heterocycles. The van der Waals surface area contributed by atoms with Crippen LogP contribution >= 0.6 is 0 Å². The second kappa shape index (κ2) is 6.53. The summed E-state index contributed by atoms with van der Waals surface area (Å²) in [7, 11) is 0. The molecule has 1 amide bonds. The fourth-order valence-electron chi connectivity index (χ4n) is 2.27. The van der Waals surface area contributed by atoms with Crippen molar-refractivity contribution in [3.8, 4) is 0 Å². The molecular formula is C17H22N2O. The summed E-state index contributed by atoms with van der Waals surface area (Å²) in [4.78, 5) is 12.1. The zero-order valence-electron chi connectivity index (χ0n) is 12.1. The third-order valence-electron chi connectivity index (χ3n) is 3.84. The van der Waals surface area contributed by atoms with Gasteiger partial charge in [-0.1, -0.05) is 49.4 Å². The van der Waals surface area contributed by atoms with E-state index in [-0.39, 0.29) is 17.9 Å². The molecule has 20 heavy (non-hydrogen) atoms. The van der Waals surface area contributed by atoms with E-state index in [4.69, 9.17) is 5.73 Å². The molecule has 0 bridgehead atoms. The van der Waals surface area contributed by atoms with Gasteiger partial charge >= 0.3 is 0 Å². The highest BCUT2D eigenvalue weighted by Crippen LogP contribution is 2.18. The van der Waals surface area contributed by atoms with E-state index in [1.54, 1.807) is 0 Å². The molecule has 2 aromatic carbocycles. The van der Waals surface area contributed by atoms with E-state index < -0.39 is 0 Å². The molecule has 3 nitrogen and oxygen atoms in total. The minimum atomic E-state index is 0.0501. The number of rotatable bonds is 5. The number of nitrogens with one attached hydrogen (secondary N) is 1. The van der Waals surface area contributed by atoms with Gasteiger partial charge in [-0.15, -0.1) is 0 Å². The summed E-state index contributed by atoms with van der Waals surface area (Å²) in [6.07, 6.45) is 0.406. The van der Waals surface area contributed by atoms with E-state index in [2.05, 4.69) is 23.5 Å². The molecular weight excluding hydrogens is 248 g/mol. The first-order valence-electron chi connectivity index (χ1n) is 7.08. The molecule has 2 unspecified atom stereocenters. The maximum atomic E-state index is 12.1. The van der Waals surface area contributed by atoms with Crippen LogP contribution < -0.4 is 11.1 Å². The van der Waals surface area contributed by atoms with Crippen molar-refractivity contribution in [1.82, 2.24) is 5.32 Å². The van der Waals surface area contributed by atoms with Crippen molar-refractivity contribution >= 4 is 16.7 Å². The van der Waals surface area contributed by atoms with Crippen molar-refractivity contribution in [2.45, 2.75) is 26.3 Å². The van der Waals surface area contributed by atoms with Crippen LogP contribution in [0.4, 0.5) is 0 Å². The molecule has 0 aromatic heterocycles. The summed E-state index contributed by atoms with van der Waals surface area (Å²) in [5.74, 6) is 0.334. The Morgan fingerprint density at radius 3 is 2.60 bits per heavy atom. The molecule has 3 heteroatoms. The van der Waals surface area contributed by atoms with E-state index >= 15 is 0 Å². The van der Waals surface area contributed by atoms with Crippen LogP contribution in [-0.4, -0.2) is 18.5 Å². The molecule has 0 spiro atoms. The SMILES string of the molecule is CC(CN)C(C)NC(=O)Cc1cccc2ccccc12. The topological polar surface area (TPSA) is 55.1 Å². The number of amides is 1. The van der Waals surface area contributed by atoms with Gasteiger partial charge in [-0.3, -0.25) is 4.79 Å². The number of benzene rings is 2. The lowest BCUT2D eigenvalue weighted by Crippen LogP contribution is -2.40. The van der Waals surface area contributed by atoms with Crippen LogP contribution in [0.2, 0.25) is 0 Å². The Morgan fingerprint density at radius 2 is 1.85 bits per heavy atom. The molecule has 0 aliphatic carbocycles. The molecule has 3 N–H and O–H groups in total. The van der Waals surface area contributed by atoms with Crippen LogP contribution in [-0.2, 0) is 11.2 Å². The number of carbonyl (C=O) groups excluding carboxylic acids is 1. The van der Waals surface area contributed by atoms with E-state index in [0.29, 0.717) is 13.0 Å². The number of hydrogen-bond acceptors (Lipinski definition) is 2. The minimum absolute atomic E-state index is 0.0501. The fourth-order valence-corrected chi connectivity index (χ4v) is 2.27. The van der Waals surface area contributed by atoms with Crippen LogP contribution in [0, 0.1) is 5.92 Å². The lowest BCUT2D eigenvalue weighted by Gasteiger charge is -2.19. The third-order valence-corrected chi connectivity index (χ3v) is 3.84. The van der Waals surface area contributed by atoms with Gasteiger partial charge < -0.3 is 11.1 Å². The standard InChI is InChI=1S/C17H22N2O/c1-12(11-18)13(2)19-17(20)10-15-8-5-7-14-6-3-4-9-16(14)15/h3-9,12-13H,10-11,18H2,1-2H3,(H,19,20). The average Bonchev–Trinajstić information content (AvgIpc) is 2.46. The van der Waals surface area contributed by atoms with Crippen molar-refractivity contribution in [1.29, 1.82) is 0 Å². The molecule has 2 aromatic rings. The van der Waals surface area contributed by atoms with Crippen LogP contribution in [0.1, 0.15) is 19.4 Å².